The molecule has 1 heterocycles. The minimum atomic E-state index is -0.131. The van der Waals surface area contributed by atoms with Gasteiger partial charge in [0.25, 0.3) is 0 Å². The summed E-state index contributed by atoms with van der Waals surface area (Å²) in [5.41, 5.74) is 0.106. The number of amides is 1. The van der Waals surface area contributed by atoms with Crippen molar-refractivity contribution < 1.29 is 9.90 Å². The first-order valence-electron chi connectivity index (χ1n) is 7.28. The van der Waals surface area contributed by atoms with E-state index in [0.29, 0.717) is 5.92 Å². The Bertz CT molecular complexity index is 475. The number of aliphatic hydroxyl groups excluding tert-OH is 1. The highest BCUT2D eigenvalue weighted by molar-refractivity contribution is 7.12. The van der Waals surface area contributed by atoms with E-state index in [1.54, 1.807) is 11.3 Å². The summed E-state index contributed by atoms with van der Waals surface area (Å²) >= 11 is 1.78. The molecular formula is C16H25NO2S. The third kappa shape index (κ3) is 4.06. The molecule has 1 saturated carbocycles. The molecule has 0 spiro atoms. The van der Waals surface area contributed by atoms with Gasteiger partial charge in [0.05, 0.1) is 12.6 Å². The highest BCUT2D eigenvalue weighted by atomic mass is 32.1. The molecule has 4 heteroatoms. The Morgan fingerprint density at radius 1 is 1.50 bits per heavy atom. The Labute approximate surface area is 125 Å². The second kappa shape index (κ2) is 5.86. The van der Waals surface area contributed by atoms with E-state index in [1.165, 1.54) is 9.75 Å². The Balaban J connectivity index is 1.87. The van der Waals surface area contributed by atoms with Crippen LogP contribution in [0.1, 0.15) is 49.3 Å². The predicted molar refractivity (Wildman–Crippen MR) is 83.0 cm³/mol. The zero-order chi connectivity index (χ0) is 14.9. The van der Waals surface area contributed by atoms with Gasteiger partial charge in [-0.1, -0.05) is 20.8 Å². The second-order valence-corrected chi connectivity index (χ2v) is 8.37. The van der Waals surface area contributed by atoms with Gasteiger partial charge in [0.2, 0.25) is 5.91 Å². The maximum atomic E-state index is 12.2. The molecular weight excluding hydrogens is 270 g/mol. The Morgan fingerprint density at radius 2 is 2.20 bits per heavy atom. The van der Waals surface area contributed by atoms with Gasteiger partial charge in [0, 0.05) is 21.6 Å². The number of thiophene rings is 1. The lowest BCUT2D eigenvalue weighted by Gasteiger charge is -2.25. The summed E-state index contributed by atoms with van der Waals surface area (Å²) in [5.74, 6) is 0.592. The number of hydrogen-bond acceptors (Lipinski definition) is 3. The van der Waals surface area contributed by atoms with Crippen LogP contribution in [0.5, 0.6) is 0 Å². The van der Waals surface area contributed by atoms with Gasteiger partial charge in [-0.15, -0.1) is 11.3 Å². The van der Waals surface area contributed by atoms with Gasteiger partial charge < -0.3 is 10.4 Å². The van der Waals surface area contributed by atoms with Crippen LogP contribution in [0.15, 0.2) is 12.1 Å². The second-order valence-electron chi connectivity index (χ2n) is 7.05. The summed E-state index contributed by atoms with van der Waals surface area (Å²) < 4.78 is 0. The van der Waals surface area contributed by atoms with Crippen molar-refractivity contribution in [1.29, 1.82) is 0 Å². The number of aliphatic hydroxyl groups is 1. The van der Waals surface area contributed by atoms with Gasteiger partial charge in [0.15, 0.2) is 0 Å². The van der Waals surface area contributed by atoms with E-state index < -0.39 is 0 Å². The molecule has 20 heavy (non-hydrogen) atoms. The maximum absolute atomic E-state index is 12.2. The van der Waals surface area contributed by atoms with E-state index >= 15 is 0 Å². The topological polar surface area (TPSA) is 49.3 Å². The molecule has 0 bridgehead atoms. The van der Waals surface area contributed by atoms with Crippen molar-refractivity contribution in [2.75, 3.05) is 6.61 Å². The number of aryl methyl sites for hydroxylation is 1. The van der Waals surface area contributed by atoms with Gasteiger partial charge in [-0.3, -0.25) is 4.79 Å². The molecule has 2 rings (SSSR count). The highest BCUT2D eigenvalue weighted by Gasteiger charge is 2.45. The quantitative estimate of drug-likeness (QED) is 0.877. The molecule has 0 aromatic carbocycles. The molecule has 112 valence electrons. The average molecular weight is 295 g/mol. The Hall–Kier alpha value is -0.870. The lowest BCUT2D eigenvalue weighted by molar-refractivity contribution is -0.123. The van der Waals surface area contributed by atoms with Gasteiger partial charge in [-0.25, -0.2) is 0 Å². The Kier molecular flexibility index (Phi) is 4.55. The highest BCUT2D eigenvalue weighted by Crippen LogP contribution is 2.49. The summed E-state index contributed by atoms with van der Waals surface area (Å²) in [7, 11) is 0. The number of hydrogen-bond donors (Lipinski definition) is 2. The van der Waals surface area contributed by atoms with Crippen LogP contribution < -0.4 is 5.32 Å². The predicted octanol–water partition coefficient (Wildman–Crippen LogP) is 3.07. The van der Waals surface area contributed by atoms with E-state index in [1.807, 2.05) is 0 Å². The van der Waals surface area contributed by atoms with Crippen molar-refractivity contribution in [3.8, 4) is 0 Å². The van der Waals surface area contributed by atoms with Crippen molar-refractivity contribution in [3.63, 3.8) is 0 Å². The van der Waals surface area contributed by atoms with Crippen LogP contribution in [0.2, 0.25) is 0 Å². The molecule has 1 aliphatic carbocycles. The fraction of sp³-hybridized carbons (Fsp3) is 0.688. The standard InChI is InChI=1S/C16H25NO2S/c1-10-5-6-14(20-10)12-7-13(12)15(19)17-11(9-18)8-16(2,3)4/h5-6,11-13,18H,7-9H2,1-4H3,(H,17,19). The van der Waals surface area contributed by atoms with Crippen LogP contribution in [-0.2, 0) is 4.79 Å². The molecule has 0 aliphatic heterocycles. The summed E-state index contributed by atoms with van der Waals surface area (Å²) in [5, 5.41) is 12.4. The number of rotatable bonds is 5. The van der Waals surface area contributed by atoms with Crippen LogP contribution in [0, 0.1) is 18.3 Å². The van der Waals surface area contributed by atoms with Gasteiger partial charge in [-0.2, -0.15) is 0 Å². The molecule has 3 nitrogen and oxygen atoms in total. The smallest absolute Gasteiger partial charge is 0.224 e. The zero-order valence-corrected chi connectivity index (χ0v) is 13.6. The largest absolute Gasteiger partial charge is 0.394 e. The summed E-state index contributed by atoms with van der Waals surface area (Å²) in [4.78, 5) is 14.9. The van der Waals surface area contributed by atoms with Crippen LogP contribution in [0.4, 0.5) is 0 Å². The first-order chi connectivity index (χ1) is 9.30. The number of carbonyl (C=O) groups is 1. The molecule has 1 aromatic rings. The fourth-order valence-electron chi connectivity index (χ4n) is 2.66. The Morgan fingerprint density at radius 3 is 2.70 bits per heavy atom. The van der Waals surface area contributed by atoms with Crippen molar-refractivity contribution in [3.05, 3.63) is 21.9 Å². The van der Waals surface area contributed by atoms with Crippen LogP contribution in [0.3, 0.4) is 0 Å². The van der Waals surface area contributed by atoms with Crippen LogP contribution >= 0.6 is 11.3 Å². The lowest BCUT2D eigenvalue weighted by Crippen LogP contribution is -2.41. The third-order valence-electron chi connectivity index (χ3n) is 3.68. The van der Waals surface area contributed by atoms with E-state index in [9.17, 15) is 9.90 Å². The normalized spacial score (nSPS) is 23.4. The maximum Gasteiger partial charge on any atom is 0.224 e. The SMILES string of the molecule is Cc1ccc(C2CC2C(=O)NC(CO)CC(C)(C)C)s1. The summed E-state index contributed by atoms with van der Waals surface area (Å²) in [6.07, 6.45) is 1.74. The molecule has 0 saturated heterocycles. The molecule has 3 unspecified atom stereocenters. The average Bonchev–Trinajstić information content (AvgIpc) is 3.03. The van der Waals surface area contributed by atoms with Crippen molar-refractivity contribution in [2.24, 2.45) is 11.3 Å². The van der Waals surface area contributed by atoms with Crippen LogP contribution in [-0.4, -0.2) is 23.7 Å². The molecule has 0 radical (unpaired) electrons. The molecule has 1 amide bonds. The zero-order valence-electron chi connectivity index (χ0n) is 12.8. The van der Waals surface area contributed by atoms with E-state index in [0.717, 1.165) is 12.8 Å². The van der Waals surface area contributed by atoms with Gasteiger partial charge in [-0.05, 0) is 37.3 Å². The first kappa shape index (κ1) is 15.5. The summed E-state index contributed by atoms with van der Waals surface area (Å²) in [6, 6.07) is 4.12. The van der Waals surface area contributed by atoms with Crippen molar-refractivity contribution >= 4 is 17.2 Å². The summed E-state index contributed by atoms with van der Waals surface area (Å²) in [6.45, 7) is 8.47. The van der Waals surface area contributed by atoms with Crippen molar-refractivity contribution in [2.45, 2.75) is 52.5 Å². The monoisotopic (exact) mass is 295 g/mol. The lowest BCUT2D eigenvalue weighted by atomic mass is 9.88. The van der Waals surface area contributed by atoms with Gasteiger partial charge in [0.1, 0.15) is 0 Å². The molecule has 1 aromatic heterocycles. The molecule has 3 atom stereocenters. The first-order valence-corrected chi connectivity index (χ1v) is 8.09. The fourth-order valence-corrected chi connectivity index (χ4v) is 3.72. The minimum absolute atomic E-state index is 0.0124. The number of nitrogens with one attached hydrogen (secondary N) is 1. The van der Waals surface area contributed by atoms with Crippen LogP contribution in [0.25, 0.3) is 0 Å². The van der Waals surface area contributed by atoms with Crippen molar-refractivity contribution in [1.82, 2.24) is 5.32 Å². The molecule has 1 fully saturated rings. The van der Waals surface area contributed by atoms with E-state index in [4.69, 9.17) is 0 Å². The number of carbonyl (C=O) groups excluding carboxylic acids is 1. The minimum Gasteiger partial charge on any atom is -0.394 e. The van der Waals surface area contributed by atoms with Gasteiger partial charge >= 0.3 is 0 Å². The molecule has 1 aliphatic rings. The van der Waals surface area contributed by atoms with E-state index in [2.05, 4.69) is 45.1 Å². The van der Waals surface area contributed by atoms with E-state index in [-0.39, 0.29) is 29.9 Å². The molecule has 2 N–H and O–H groups in total. The third-order valence-corrected chi connectivity index (χ3v) is 4.81.